The molecule has 0 aliphatic rings. The van der Waals surface area contributed by atoms with Crippen molar-refractivity contribution in [2.75, 3.05) is 30.9 Å². The third kappa shape index (κ3) is 4.81. The van der Waals surface area contributed by atoms with Gasteiger partial charge >= 0.3 is 0 Å². The van der Waals surface area contributed by atoms with Crippen molar-refractivity contribution in [3.05, 3.63) is 42.4 Å². The first-order valence-electron chi connectivity index (χ1n) is 7.14. The topological polar surface area (TPSA) is 135 Å². The third-order valence-corrected chi connectivity index (χ3v) is 4.12. The lowest BCUT2D eigenvalue weighted by molar-refractivity contribution is -0.115. The Hall–Kier alpha value is -2.85. The lowest BCUT2D eigenvalue weighted by Crippen LogP contribution is -2.33. The highest BCUT2D eigenvalue weighted by atomic mass is 32.2. The average molecular weight is 366 g/mol. The van der Waals surface area contributed by atoms with Crippen molar-refractivity contribution in [3.63, 3.8) is 0 Å². The summed E-state index contributed by atoms with van der Waals surface area (Å²) < 4.78 is 27.9. The number of nitrogens with one attached hydrogen (secondary N) is 2. The second-order valence-corrected chi connectivity index (χ2v) is 6.89. The summed E-state index contributed by atoms with van der Waals surface area (Å²) in [6, 6.07) is 7.15. The summed E-state index contributed by atoms with van der Waals surface area (Å²) in [5, 5.41) is 10.1. The number of hydrogen-bond acceptors (Lipinski definition) is 6. The van der Waals surface area contributed by atoms with E-state index in [1.807, 2.05) is 0 Å². The predicted molar refractivity (Wildman–Crippen MR) is 91.8 cm³/mol. The molecule has 0 fully saturated rings. The molecule has 1 heterocycles. The maximum atomic E-state index is 12.1. The monoisotopic (exact) mass is 366 g/mol. The second-order valence-electron chi connectivity index (χ2n) is 5.33. The van der Waals surface area contributed by atoms with Gasteiger partial charge in [0.1, 0.15) is 0 Å². The van der Waals surface area contributed by atoms with E-state index >= 15 is 0 Å². The highest BCUT2D eigenvalue weighted by molar-refractivity contribution is 7.89. The number of primary sulfonamides is 1. The van der Waals surface area contributed by atoms with Crippen molar-refractivity contribution in [3.8, 4) is 0 Å². The van der Waals surface area contributed by atoms with Crippen LogP contribution in [0.25, 0.3) is 0 Å². The number of rotatable bonds is 6. The molecule has 25 heavy (non-hydrogen) atoms. The van der Waals surface area contributed by atoms with Gasteiger partial charge in [0.15, 0.2) is 5.76 Å². The van der Waals surface area contributed by atoms with Crippen LogP contribution in [-0.2, 0) is 14.8 Å². The third-order valence-electron chi connectivity index (χ3n) is 3.21. The van der Waals surface area contributed by atoms with Crippen LogP contribution in [0.4, 0.5) is 11.4 Å². The van der Waals surface area contributed by atoms with Crippen molar-refractivity contribution >= 4 is 33.2 Å². The average Bonchev–Trinajstić information content (AvgIpc) is 3.06. The van der Waals surface area contributed by atoms with Crippen LogP contribution in [0.2, 0.25) is 0 Å². The summed E-state index contributed by atoms with van der Waals surface area (Å²) in [5.41, 5.74) is 0.840. The van der Waals surface area contributed by atoms with Crippen LogP contribution >= 0.6 is 0 Å². The Balaban J connectivity index is 2.12. The fourth-order valence-electron chi connectivity index (χ4n) is 2.03. The molecule has 2 rings (SSSR count). The number of benzene rings is 1. The molecular formula is C15H18N4O5S. The molecule has 0 bridgehead atoms. The predicted octanol–water partition coefficient (Wildman–Crippen LogP) is 0.362. The van der Waals surface area contributed by atoms with Gasteiger partial charge in [-0.1, -0.05) is 0 Å². The molecule has 0 aliphatic heterocycles. The van der Waals surface area contributed by atoms with Crippen LogP contribution in [0.5, 0.6) is 0 Å². The Bertz CT molecular complexity index is 875. The van der Waals surface area contributed by atoms with Gasteiger partial charge in [-0.2, -0.15) is 0 Å². The van der Waals surface area contributed by atoms with Gasteiger partial charge in [0.05, 0.1) is 29.1 Å². The van der Waals surface area contributed by atoms with E-state index < -0.39 is 21.8 Å². The minimum Gasteiger partial charge on any atom is -0.459 e. The Morgan fingerprint density at radius 3 is 2.52 bits per heavy atom. The van der Waals surface area contributed by atoms with E-state index in [1.165, 1.54) is 30.5 Å². The number of nitrogens with two attached hydrogens (primary N) is 1. The Morgan fingerprint density at radius 1 is 1.24 bits per heavy atom. The lowest BCUT2D eigenvalue weighted by Gasteiger charge is -2.18. The fourth-order valence-corrected chi connectivity index (χ4v) is 2.57. The molecular weight excluding hydrogens is 348 g/mol. The summed E-state index contributed by atoms with van der Waals surface area (Å²) in [5.74, 6) is -0.987. The van der Waals surface area contributed by atoms with Crippen LogP contribution in [-0.4, -0.2) is 40.9 Å². The first-order valence-corrected chi connectivity index (χ1v) is 8.69. The highest BCUT2D eigenvalue weighted by Crippen LogP contribution is 2.27. The minimum absolute atomic E-state index is 0.0815. The van der Waals surface area contributed by atoms with Gasteiger partial charge in [-0.15, -0.1) is 0 Å². The zero-order valence-electron chi connectivity index (χ0n) is 13.6. The van der Waals surface area contributed by atoms with Crippen LogP contribution in [0.15, 0.2) is 45.9 Å². The van der Waals surface area contributed by atoms with E-state index in [0.717, 1.165) is 0 Å². The van der Waals surface area contributed by atoms with Gasteiger partial charge in [-0.05, 0) is 30.3 Å². The van der Waals surface area contributed by atoms with E-state index in [1.54, 1.807) is 25.1 Å². The minimum atomic E-state index is -3.91. The van der Waals surface area contributed by atoms with Gasteiger partial charge in [-0.3, -0.25) is 9.59 Å². The molecule has 134 valence electrons. The van der Waals surface area contributed by atoms with E-state index in [4.69, 9.17) is 9.56 Å². The molecule has 2 amide bonds. The Labute approximate surface area is 144 Å². The molecule has 9 nitrogen and oxygen atoms in total. The van der Waals surface area contributed by atoms with Crippen LogP contribution < -0.4 is 20.7 Å². The van der Waals surface area contributed by atoms with Gasteiger partial charge in [0.2, 0.25) is 15.9 Å². The molecule has 0 aliphatic carbocycles. The summed E-state index contributed by atoms with van der Waals surface area (Å²) in [6.45, 7) is -0.313. The van der Waals surface area contributed by atoms with E-state index in [9.17, 15) is 18.0 Å². The molecule has 0 saturated carbocycles. The molecule has 0 radical (unpaired) electrons. The molecule has 0 atom stereocenters. The summed E-state index contributed by atoms with van der Waals surface area (Å²) in [6.07, 6.45) is 1.34. The number of carbonyl (C=O) groups is 2. The largest absolute Gasteiger partial charge is 0.459 e. The number of sulfonamides is 1. The zero-order valence-corrected chi connectivity index (χ0v) is 14.5. The molecule has 0 spiro atoms. The van der Waals surface area contributed by atoms with Crippen molar-refractivity contribution in [1.29, 1.82) is 0 Å². The molecule has 4 N–H and O–H groups in total. The van der Waals surface area contributed by atoms with Gasteiger partial charge < -0.3 is 20.0 Å². The number of anilines is 2. The molecule has 1 aromatic heterocycles. The number of amides is 2. The standard InChI is InChI=1S/C15H18N4O5S/c1-19(2)12-6-5-10(25(16,22)23)8-11(12)18-14(20)9-17-15(21)13-4-3-7-24-13/h3-8H,9H2,1-2H3,(H,17,21)(H,18,20)(H2,16,22,23). The second kappa shape index (κ2) is 7.36. The van der Waals surface area contributed by atoms with Crippen LogP contribution in [0.3, 0.4) is 0 Å². The van der Waals surface area contributed by atoms with Crippen LogP contribution in [0.1, 0.15) is 10.6 Å². The summed E-state index contributed by atoms with van der Waals surface area (Å²) in [7, 11) is -0.438. The first kappa shape index (κ1) is 18.5. The molecule has 0 unspecified atom stereocenters. The molecule has 10 heteroatoms. The van der Waals surface area contributed by atoms with E-state index in [2.05, 4.69) is 10.6 Å². The smallest absolute Gasteiger partial charge is 0.287 e. The lowest BCUT2D eigenvalue weighted by atomic mass is 10.2. The van der Waals surface area contributed by atoms with Gasteiger partial charge in [-0.25, -0.2) is 13.6 Å². The molecule has 1 aromatic carbocycles. The zero-order chi connectivity index (χ0) is 18.6. The summed E-state index contributed by atoms with van der Waals surface area (Å²) >= 11 is 0. The maximum absolute atomic E-state index is 12.1. The normalized spacial score (nSPS) is 11.0. The van der Waals surface area contributed by atoms with E-state index in [-0.39, 0.29) is 22.9 Å². The quantitative estimate of drug-likeness (QED) is 0.676. The molecule has 0 saturated heterocycles. The van der Waals surface area contributed by atoms with Crippen LogP contribution in [0, 0.1) is 0 Å². The number of furan rings is 1. The Morgan fingerprint density at radius 2 is 1.96 bits per heavy atom. The number of nitrogens with zero attached hydrogens (tertiary/aromatic N) is 1. The molecule has 2 aromatic rings. The number of hydrogen-bond donors (Lipinski definition) is 3. The van der Waals surface area contributed by atoms with E-state index in [0.29, 0.717) is 5.69 Å². The Kier molecular flexibility index (Phi) is 5.45. The van der Waals surface area contributed by atoms with Crippen molar-refractivity contribution in [2.45, 2.75) is 4.90 Å². The first-order chi connectivity index (χ1) is 11.7. The van der Waals surface area contributed by atoms with Gasteiger partial charge in [0.25, 0.3) is 5.91 Å². The van der Waals surface area contributed by atoms with Crippen molar-refractivity contribution in [2.24, 2.45) is 5.14 Å². The summed E-state index contributed by atoms with van der Waals surface area (Å²) in [4.78, 5) is 25.4. The number of carbonyl (C=O) groups excluding carboxylic acids is 2. The highest BCUT2D eigenvalue weighted by Gasteiger charge is 2.15. The van der Waals surface area contributed by atoms with Crippen molar-refractivity contribution in [1.82, 2.24) is 5.32 Å². The maximum Gasteiger partial charge on any atom is 0.287 e. The van der Waals surface area contributed by atoms with Crippen molar-refractivity contribution < 1.29 is 22.4 Å². The van der Waals surface area contributed by atoms with Gasteiger partial charge in [0, 0.05) is 14.1 Å². The fraction of sp³-hybridized carbons (Fsp3) is 0.200. The SMILES string of the molecule is CN(C)c1ccc(S(N)(=O)=O)cc1NC(=O)CNC(=O)c1ccco1.